The van der Waals surface area contributed by atoms with Crippen LogP contribution in [0.5, 0.6) is 11.5 Å². The second-order valence-electron chi connectivity index (χ2n) is 4.17. The first-order chi connectivity index (χ1) is 9.60. The van der Waals surface area contributed by atoms with E-state index in [1.807, 2.05) is 0 Å². The van der Waals surface area contributed by atoms with E-state index < -0.39 is 6.10 Å². The Balaban J connectivity index is 2.01. The van der Waals surface area contributed by atoms with E-state index in [4.69, 9.17) is 32.7 Å². The van der Waals surface area contributed by atoms with E-state index in [1.165, 1.54) is 7.11 Å². The van der Waals surface area contributed by atoms with Crippen LogP contribution in [0, 0.1) is 0 Å². The van der Waals surface area contributed by atoms with E-state index >= 15 is 0 Å². The van der Waals surface area contributed by atoms with Crippen LogP contribution in [0.4, 0.5) is 0 Å². The summed E-state index contributed by atoms with van der Waals surface area (Å²) in [7, 11) is 1.53. The molecule has 0 fully saturated rings. The number of ether oxygens (including phenoxy) is 2. The lowest BCUT2D eigenvalue weighted by atomic mass is 10.1. The molecule has 0 aliphatic carbocycles. The van der Waals surface area contributed by atoms with Crippen LogP contribution >= 0.6 is 23.2 Å². The third-order valence-corrected chi connectivity index (χ3v) is 3.35. The molecular formula is C15H14Cl2O3. The van der Waals surface area contributed by atoms with Crippen LogP contribution in [0.1, 0.15) is 11.7 Å². The van der Waals surface area contributed by atoms with Gasteiger partial charge in [0.05, 0.1) is 12.1 Å². The van der Waals surface area contributed by atoms with Gasteiger partial charge in [-0.2, -0.15) is 0 Å². The summed E-state index contributed by atoms with van der Waals surface area (Å²) in [6, 6.07) is 12.1. The molecular weight excluding hydrogens is 299 g/mol. The quantitative estimate of drug-likeness (QED) is 0.902. The SMILES string of the molecule is COc1cc(C(O)COc2ccc(Cl)cc2)ccc1Cl. The van der Waals surface area contributed by atoms with Gasteiger partial charge >= 0.3 is 0 Å². The van der Waals surface area contributed by atoms with Gasteiger partial charge in [0.2, 0.25) is 0 Å². The Kier molecular flexibility index (Phi) is 5.12. The van der Waals surface area contributed by atoms with Gasteiger partial charge in [-0.15, -0.1) is 0 Å². The van der Waals surface area contributed by atoms with Crippen molar-refractivity contribution >= 4 is 23.2 Å². The monoisotopic (exact) mass is 312 g/mol. The predicted octanol–water partition coefficient (Wildman–Crippen LogP) is 4.11. The van der Waals surface area contributed by atoms with Gasteiger partial charge in [-0.05, 0) is 42.0 Å². The van der Waals surface area contributed by atoms with Gasteiger partial charge in [-0.1, -0.05) is 29.3 Å². The number of benzene rings is 2. The van der Waals surface area contributed by atoms with Gasteiger partial charge in [0, 0.05) is 5.02 Å². The third kappa shape index (κ3) is 3.79. The van der Waals surface area contributed by atoms with Crippen molar-refractivity contribution in [1.29, 1.82) is 0 Å². The van der Waals surface area contributed by atoms with E-state index in [0.29, 0.717) is 27.1 Å². The van der Waals surface area contributed by atoms with Crippen molar-refractivity contribution in [3.05, 3.63) is 58.1 Å². The van der Waals surface area contributed by atoms with E-state index in [-0.39, 0.29) is 6.61 Å². The predicted molar refractivity (Wildman–Crippen MR) is 79.9 cm³/mol. The fraction of sp³-hybridized carbons (Fsp3) is 0.200. The van der Waals surface area contributed by atoms with Crippen LogP contribution in [0.25, 0.3) is 0 Å². The van der Waals surface area contributed by atoms with E-state index in [0.717, 1.165) is 0 Å². The highest BCUT2D eigenvalue weighted by Crippen LogP contribution is 2.28. The Morgan fingerprint density at radius 2 is 1.80 bits per heavy atom. The second-order valence-corrected chi connectivity index (χ2v) is 5.02. The fourth-order valence-electron chi connectivity index (χ4n) is 1.69. The van der Waals surface area contributed by atoms with Gasteiger partial charge in [-0.3, -0.25) is 0 Å². The van der Waals surface area contributed by atoms with Crippen molar-refractivity contribution in [2.24, 2.45) is 0 Å². The molecule has 0 aliphatic rings. The first-order valence-electron chi connectivity index (χ1n) is 6.00. The lowest BCUT2D eigenvalue weighted by molar-refractivity contribution is 0.108. The van der Waals surface area contributed by atoms with Crippen molar-refractivity contribution in [3.63, 3.8) is 0 Å². The van der Waals surface area contributed by atoms with Gasteiger partial charge in [0.25, 0.3) is 0 Å². The smallest absolute Gasteiger partial charge is 0.137 e. The number of hydrogen-bond acceptors (Lipinski definition) is 3. The number of methoxy groups -OCH3 is 1. The highest BCUT2D eigenvalue weighted by Gasteiger charge is 2.11. The zero-order chi connectivity index (χ0) is 14.5. The van der Waals surface area contributed by atoms with Gasteiger partial charge in [0.15, 0.2) is 0 Å². The molecule has 2 rings (SSSR count). The summed E-state index contributed by atoms with van der Waals surface area (Å²) < 4.78 is 10.6. The summed E-state index contributed by atoms with van der Waals surface area (Å²) in [6.45, 7) is 0.131. The summed E-state index contributed by atoms with van der Waals surface area (Å²) in [4.78, 5) is 0. The number of hydrogen-bond donors (Lipinski definition) is 1. The Labute approximate surface area is 127 Å². The van der Waals surface area contributed by atoms with Crippen molar-refractivity contribution in [3.8, 4) is 11.5 Å². The first kappa shape index (κ1) is 15.0. The molecule has 0 amide bonds. The Morgan fingerprint density at radius 3 is 2.45 bits per heavy atom. The molecule has 1 atom stereocenters. The minimum Gasteiger partial charge on any atom is -0.495 e. The van der Waals surface area contributed by atoms with Gasteiger partial charge < -0.3 is 14.6 Å². The second kappa shape index (κ2) is 6.84. The minimum absolute atomic E-state index is 0.131. The van der Waals surface area contributed by atoms with Crippen LogP contribution in [-0.4, -0.2) is 18.8 Å². The maximum absolute atomic E-state index is 10.1. The molecule has 3 nitrogen and oxygen atoms in total. The third-order valence-electron chi connectivity index (χ3n) is 2.78. The fourth-order valence-corrected chi connectivity index (χ4v) is 2.01. The number of halogens is 2. The summed E-state index contributed by atoms with van der Waals surface area (Å²) in [5.74, 6) is 1.17. The minimum atomic E-state index is -0.767. The molecule has 106 valence electrons. The molecule has 0 aliphatic heterocycles. The first-order valence-corrected chi connectivity index (χ1v) is 6.75. The standard InChI is InChI=1S/C15H14Cl2O3/c1-19-15-8-10(2-7-13(15)17)14(18)9-20-12-5-3-11(16)4-6-12/h2-8,14,18H,9H2,1H3. The molecule has 2 aromatic rings. The van der Waals surface area contributed by atoms with E-state index in [2.05, 4.69) is 0 Å². The largest absolute Gasteiger partial charge is 0.495 e. The molecule has 1 N–H and O–H groups in total. The molecule has 2 aromatic carbocycles. The van der Waals surface area contributed by atoms with Gasteiger partial charge in [0.1, 0.15) is 24.2 Å². The van der Waals surface area contributed by atoms with E-state index in [9.17, 15) is 5.11 Å². The average Bonchev–Trinajstić information content (AvgIpc) is 2.47. The van der Waals surface area contributed by atoms with Crippen molar-refractivity contribution in [2.75, 3.05) is 13.7 Å². The molecule has 0 radical (unpaired) electrons. The van der Waals surface area contributed by atoms with E-state index in [1.54, 1.807) is 42.5 Å². The Bertz CT molecular complexity index is 570. The van der Waals surface area contributed by atoms with Crippen LogP contribution < -0.4 is 9.47 Å². The van der Waals surface area contributed by atoms with Crippen LogP contribution in [0.3, 0.4) is 0 Å². The van der Waals surface area contributed by atoms with Crippen molar-refractivity contribution < 1.29 is 14.6 Å². The maximum Gasteiger partial charge on any atom is 0.137 e. The summed E-state index contributed by atoms with van der Waals surface area (Å²) >= 11 is 11.7. The highest BCUT2D eigenvalue weighted by atomic mass is 35.5. The topological polar surface area (TPSA) is 38.7 Å². The van der Waals surface area contributed by atoms with Crippen LogP contribution in [0.15, 0.2) is 42.5 Å². The number of rotatable bonds is 5. The zero-order valence-corrected chi connectivity index (χ0v) is 12.4. The number of aliphatic hydroxyl groups excluding tert-OH is 1. The molecule has 0 saturated heterocycles. The molecule has 0 heterocycles. The lowest BCUT2D eigenvalue weighted by Crippen LogP contribution is -2.09. The van der Waals surface area contributed by atoms with Gasteiger partial charge in [-0.25, -0.2) is 0 Å². The molecule has 0 spiro atoms. The molecule has 20 heavy (non-hydrogen) atoms. The zero-order valence-electron chi connectivity index (χ0n) is 10.8. The normalized spacial score (nSPS) is 12.0. The lowest BCUT2D eigenvalue weighted by Gasteiger charge is -2.14. The Morgan fingerprint density at radius 1 is 1.10 bits per heavy atom. The summed E-state index contributed by atoms with van der Waals surface area (Å²) in [5.41, 5.74) is 0.681. The highest BCUT2D eigenvalue weighted by molar-refractivity contribution is 6.32. The summed E-state index contributed by atoms with van der Waals surface area (Å²) in [6.07, 6.45) is -0.767. The average molecular weight is 313 g/mol. The molecule has 0 saturated carbocycles. The number of aliphatic hydroxyl groups is 1. The van der Waals surface area contributed by atoms with Crippen LogP contribution in [-0.2, 0) is 0 Å². The molecule has 5 heteroatoms. The van der Waals surface area contributed by atoms with Crippen molar-refractivity contribution in [1.82, 2.24) is 0 Å². The molecule has 0 bridgehead atoms. The van der Waals surface area contributed by atoms with Crippen molar-refractivity contribution in [2.45, 2.75) is 6.10 Å². The summed E-state index contributed by atoms with van der Waals surface area (Å²) in [5, 5.41) is 11.2. The Hall–Kier alpha value is -1.42. The van der Waals surface area contributed by atoms with Crippen LogP contribution in [0.2, 0.25) is 10.0 Å². The molecule has 1 unspecified atom stereocenters. The molecule has 0 aromatic heterocycles. The maximum atomic E-state index is 10.1.